The molecule has 0 fully saturated rings. The van der Waals surface area contributed by atoms with Crippen LogP contribution < -0.4 is 4.74 Å². The number of allylic oxidation sites excluding steroid dienone is 3. The smallest absolute Gasteiger partial charge is 0.145 e. The standard InChI is InChI=1S/C30H48O3/c1-7-8-9-10-11-12-13-14-15-26(4)30(27(5)21-24(2)20-25(3)22-31)33-23-28-16-18-29(32-6)19-17-28/h16-22,26-27,30H,7-15,23H2,1-6H3/b24-21+,25-20+/t26-,27+,30+/m0/s1. The minimum atomic E-state index is 0.136. The zero-order chi connectivity index (χ0) is 24.5. The lowest BCUT2D eigenvalue weighted by molar-refractivity contribution is -0.104. The SMILES string of the molecule is CCCCCCCCCC[C@H](C)[C@@H](OCc1ccc(OC)cc1)[C@H](C)/C=C(C)/C=C(\C)C=O. The fourth-order valence-electron chi connectivity index (χ4n) is 4.46. The third-order valence-electron chi connectivity index (χ3n) is 6.36. The van der Waals surface area contributed by atoms with E-state index in [9.17, 15) is 4.79 Å². The summed E-state index contributed by atoms with van der Waals surface area (Å²) < 4.78 is 11.8. The third-order valence-corrected chi connectivity index (χ3v) is 6.36. The second kappa shape index (κ2) is 17.6. The normalized spacial score (nSPS) is 15.2. The summed E-state index contributed by atoms with van der Waals surface area (Å²) in [4.78, 5) is 11.0. The van der Waals surface area contributed by atoms with Gasteiger partial charge in [-0.15, -0.1) is 0 Å². The van der Waals surface area contributed by atoms with E-state index in [1.807, 2.05) is 25.1 Å². The van der Waals surface area contributed by atoms with Crippen molar-refractivity contribution in [2.75, 3.05) is 7.11 Å². The zero-order valence-electron chi connectivity index (χ0n) is 22.1. The van der Waals surface area contributed by atoms with Crippen molar-refractivity contribution in [2.24, 2.45) is 11.8 Å². The molecule has 0 radical (unpaired) electrons. The molecule has 0 aliphatic carbocycles. The van der Waals surface area contributed by atoms with Gasteiger partial charge in [0.1, 0.15) is 12.0 Å². The van der Waals surface area contributed by atoms with Crippen LogP contribution in [0, 0.1) is 11.8 Å². The van der Waals surface area contributed by atoms with E-state index >= 15 is 0 Å². The number of aldehydes is 1. The summed E-state index contributed by atoms with van der Waals surface area (Å²) in [5.41, 5.74) is 3.02. The molecule has 1 aromatic rings. The van der Waals surface area contributed by atoms with Crippen LogP contribution in [0.15, 0.2) is 47.6 Å². The van der Waals surface area contributed by atoms with Gasteiger partial charge in [-0.25, -0.2) is 0 Å². The third kappa shape index (κ3) is 12.8. The Labute approximate surface area is 203 Å². The van der Waals surface area contributed by atoms with Gasteiger partial charge in [0.25, 0.3) is 0 Å². The van der Waals surface area contributed by atoms with Crippen molar-refractivity contribution in [1.29, 1.82) is 0 Å². The monoisotopic (exact) mass is 456 g/mol. The maximum Gasteiger partial charge on any atom is 0.145 e. The van der Waals surface area contributed by atoms with Gasteiger partial charge < -0.3 is 9.47 Å². The second-order valence-electron chi connectivity index (χ2n) is 9.64. The molecule has 0 spiro atoms. The second-order valence-corrected chi connectivity index (χ2v) is 9.64. The summed E-state index contributed by atoms with van der Waals surface area (Å²) in [6.07, 6.45) is 17.2. The van der Waals surface area contributed by atoms with Gasteiger partial charge in [-0.3, -0.25) is 4.79 Å². The highest BCUT2D eigenvalue weighted by Gasteiger charge is 2.23. The van der Waals surface area contributed by atoms with Gasteiger partial charge in [-0.2, -0.15) is 0 Å². The molecule has 0 amide bonds. The molecule has 0 heterocycles. The molecule has 186 valence electrons. The number of benzene rings is 1. The van der Waals surface area contributed by atoms with Crippen LogP contribution in [0.1, 0.15) is 98.0 Å². The average Bonchev–Trinajstić information content (AvgIpc) is 2.81. The summed E-state index contributed by atoms with van der Waals surface area (Å²) in [5.74, 6) is 1.60. The van der Waals surface area contributed by atoms with E-state index < -0.39 is 0 Å². The molecule has 0 aliphatic rings. The average molecular weight is 457 g/mol. The number of ether oxygens (including phenoxy) is 2. The number of carbonyl (C=O) groups excluding carboxylic acids is 1. The Morgan fingerprint density at radius 2 is 1.52 bits per heavy atom. The van der Waals surface area contributed by atoms with Crippen LogP contribution in [0.4, 0.5) is 0 Å². The van der Waals surface area contributed by atoms with E-state index in [1.165, 1.54) is 57.8 Å². The minimum Gasteiger partial charge on any atom is -0.497 e. The molecule has 3 heteroatoms. The molecule has 0 bridgehead atoms. The van der Waals surface area contributed by atoms with Crippen LogP contribution in [-0.2, 0) is 16.1 Å². The topological polar surface area (TPSA) is 35.5 Å². The first-order valence-electron chi connectivity index (χ1n) is 13.0. The maximum absolute atomic E-state index is 11.0. The molecule has 0 saturated heterocycles. The lowest BCUT2D eigenvalue weighted by atomic mass is 9.87. The first kappa shape index (κ1) is 29.2. The largest absolute Gasteiger partial charge is 0.497 e. The van der Waals surface area contributed by atoms with Crippen molar-refractivity contribution in [3.8, 4) is 5.75 Å². The Kier molecular flexibility index (Phi) is 15.5. The molecular formula is C30H48O3. The highest BCUT2D eigenvalue weighted by Crippen LogP contribution is 2.26. The van der Waals surface area contributed by atoms with E-state index in [-0.39, 0.29) is 12.0 Å². The van der Waals surface area contributed by atoms with Gasteiger partial charge in [0.15, 0.2) is 0 Å². The first-order valence-corrected chi connectivity index (χ1v) is 13.0. The lowest BCUT2D eigenvalue weighted by Gasteiger charge is -2.29. The summed E-state index contributed by atoms with van der Waals surface area (Å²) in [5, 5.41) is 0. The summed E-state index contributed by atoms with van der Waals surface area (Å²) in [7, 11) is 1.69. The van der Waals surface area contributed by atoms with Crippen LogP contribution in [0.5, 0.6) is 5.75 Å². The Morgan fingerprint density at radius 3 is 2.09 bits per heavy atom. The fourth-order valence-corrected chi connectivity index (χ4v) is 4.46. The van der Waals surface area contributed by atoms with Crippen molar-refractivity contribution in [3.05, 3.63) is 53.1 Å². The van der Waals surface area contributed by atoms with E-state index in [0.29, 0.717) is 12.5 Å². The summed E-state index contributed by atoms with van der Waals surface area (Å²) in [6.45, 7) is 11.3. The Morgan fingerprint density at radius 1 is 0.909 bits per heavy atom. The predicted octanol–water partition coefficient (Wildman–Crippen LogP) is 8.47. The van der Waals surface area contributed by atoms with Crippen LogP contribution in [0.2, 0.25) is 0 Å². The van der Waals surface area contributed by atoms with Gasteiger partial charge in [0.2, 0.25) is 0 Å². The Balaban J connectivity index is 2.70. The predicted molar refractivity (Wildman–Crippen MR) is 141 cm³/mol. The van der Waals surface area contributed by atoms with Gasteiger partial charge in [-0.05, 0) is 49.5 Å². The number of hydrogen-bond donors (Lipinski definition) is 0. The lowest BCUT2D eigenvalue weighted by Crippen LogP contribution is -2.28. The molecule has 3 atom stereocenters. The van der Waals surface area contributed by atoms with E-state index in [0.717, 1.165) is 28.7 Å². The van der Waals surface area contributed by atoms with Crippen molar-refractivity contribution in [1.82, 2.24) is 0 Å². The number of methoxy groups -OCH3 is 1. The fraction of sp³-hybridized carbons (Fsp3) is 0.633. The summed E-state index contributed by atoms with van der Waals surface area (Å²) >= 11 is 0. The van der Waals surface area contributed by atoms with Crippen LogP contribution in [-0.4, -0.2) is 19.5 Å². The summed E-state index contributed by atoms with van der Waals surface area (Å²) in [6, 6.07) is 8.11. The van der Waals surface area contributed by atoms with Gasteiger partial charge in [-0.1, -0.05) is 102 Å². The van der Waals surface area contributed by atoms with E-state index in [1.54, 1.807) is 7.11 Å². The van der Waals surface area contributed by atoms with Crippen molar-refractivity contribution >= 4 is 6.29 Å². The zero-order valence-corrected chi connectivity index (χ0v) is 22.1. The van der Waals surface area contributed by atoms with Crippen molar-refractivity contribution in [3.63, 3.8) is 0 Å². The molecular weight excluding hydrogens is 408 g/mol. The van der Waals surface area contributed by atoms with Crippen LogP contribution in [0.3, 0.4) is 0 Å². The molecule has 0 aromatic heterocycles. The molecule has 1 rings (SSSR count). The van der Waals surface area contributed by atoms with Crippen molar-refractivity contribution in [2.45, 2.75) is 105 Å². The first-order chi connectivity index (χ1) is 15.9. The quantitative estimate of drug-likeness (QED) is 0.0961. The molecule has 0 saturated carbocycles. The number of unbranched alkanes of at least 4 members (excludes halogenated alkanes) is 7. The van der Waals surface area contributed by atoms with Crippen molar-refractivity contribution < 1.29 is 14.3 Å². The molecule has 33 heavy (non-hydrogen) atoms. The molecule has 3 nitrogen and oxygen atoms in total. The van der Waals surface area contributed by atoms with Crippen LogP contribution in [0.25, 0.3) is 0 Å². The molecule has 0 N–H and O–H groups in total. The highest BCUT2D eigenvalue weighted by molar-refractivity contribution is 5.73. The minimum absolute atomic E-state index is 0.136. The number of hydrogen-bond acceptors (Lipinski definition) is 3. The molecule has 0 unspecified atom stereocenters. The van der Waals surface area contributed by atoms with E-state index in [4.69, 9.17) is 9.47 Å². The number of carbonyl (C=O) groups is 1. The van der Waals surface area contributed by atoms with Gasteiger partial charge in [0.05, 0.1) is 19.8 Å². The number of rotatable bonds is 18. The van der Waals surface area contributed by atoms with E-state index in [2.05, 4.69) is 45.9 Å². The van der Waals surface area contributed by atoms with Crippen LogP contribution >= 0.6 is 0 Å². The molecule has 0 aliphatic heterocycles. The Bertz CT molecular complexity index is 702. The highest BCUT2D eigenvalue weighted by atomic mass is 16.5. The molecule has 1 aromatic carbocycles. The van der Waals surface area contributed by atoms with Gasteiger partial charge >= 0.3 is 0 Å². The maximum atomic E-state index is 11.0. The van der Waals surface area contributed by atoms with Gasteiger partial charge in [0, 0.05) is 5.92 Å². The Hall–Kier alpha value is -1.87.